The number of aromatic carboxylic acids is 1. The van der Waals surface area contributed by atoms with Crippen LogP contribution in [0.15, 0.2) is 97.6 Å². The Kier molecular flexibility index (Phi) is 15.4. The largest absolute Gasteiger partial charge is 0.488 e. The number of aliphatic hydroxyl groups excluding tert-OH is 1. The second kappa shape index (κ2) is 21.3. The van der Waals surface area contributed by atoms with Gasteiger partial charge in [0.15, 0.2) is 0 Å². The van der Waals surface area contributed by atoms with Crippen LogP contribution < -0.4 is 24.3 Å². The van der Waals surface area contributed by atoms with E-state index < -0.39 is 11.9 Å². The number of benzene rings is 4. The summed E-state index contributed by atoms with van der Waals surface area (Å²) in [6.07, 6.45) is 6.24. The summed E-state index contributed by atoms with van der Waals surface area (Å²) in [6, 6.07) is 21.4. The number of aromatic nitrogens is 2. The van der Waals surface area contributed by atoms with E-state index in [0.717, 1.165) is 0 Å². The maximum atomic E-state index is 13.1. The summed E-state index contributed by atoms with van der Waals surface area (Å²) in [5, 5.41) is 31.8. The van der Waals surface area contributed by atoms with E-state index in [-0.39, 0.29) is 83.7 Å². The highest BCUT2D eigenvalue weighted by Gasteiger charge is 2.21. The van der Waals surface area contributed by atoms with Crippen LogP contribution in [0.4, 0.5) is 5.69 Å². The fourth-order valence-electron chi connectivity index (χ4n) is 5.92. The number of carbonyl (C=O) groups excluding carboxylic acids is 1. The molecule has 17 heteroatoms. The number of hydrogen-bond donors (Lipinski definition) is 3. The first-order chi connectivity index (χ1) is 30.0. The summed E-state index contributed by atoms with van der Waals surface area (Å²) in [6.45, 7) is 7.23. The van der Waals surface area contributed by atoms with Gasteiger partial charge in [-0.05, 0) is 36.2 Å². The van der Waals surface area contributed by atoms with Gasteiger partial charge in [-0.25, -0.2) is 9.64 Å². The van der Waals surface area contributed by atoms with Gasteiger partial charge in [0.1, 0.15) is 61.1 Å². The predicted molar refractivity (Wildman–Crippen MR) is 233 cm³/mol. The number of amides is 1. The molecule has 13 nitrogen and oxygen atoms in total. The number of halogens is 4. The monoisotopic (exact) mass is 911 g/mol. The van der Waals surface area contributed by atoms with E-state index >= 15 is 0 Å². The lowest BCUT2D eigenvalue weighted by Crippen LogP contribution is -2.25. The topological polar surface area (TPSA) is 177 Å². The molecule has 0 aliphatic heterocycles. The summed E-state index contributed by atoms with van der Waals surface area (Å²) in [7, 11) is 0. The van der Waals surface area contributed by atoms with Gasteiger partial charge in [0.25, 0.3) is 5.91 Å². The van der Waals surface area contributed by atoms with Crippen molar-refractivity contribution in [3.05, 3.63) is 168 Å². The van der Waals surface area contributed by atoms with E-state index in [1.807, 2.05) is 6.07 Å². The van der Waals surface area contributed by atoms with E-state index in [0.29, 0.717) is 61.1 Å². The molecule has 3 N–H and O–H groups in total. The fourth-order valence-corrected chi connectivity index (χ4v) is 6.92. The number of ether oxygens (including phenoxy) is 4. The van der Waals surface area contributed by atoms with Gasteiger partial charge in [-0.3, -0.25) is 14.8 Å². The molecule has 2 heterocycles. The zero-order chi connectivity index (χ0) is 44.2. The lowest BCUT2D eigenvalue weighted by molar-refractivity contribution is 0.0691. The molecule has 0 aliphatic rings. The third-order valence-electron chi connectivity index (χ3n) is 9.00. The summed E-state index contributed by atoms with van der Waals surface area (Å²) < 4.78 is 24.1. The molecule has 0 bridgehead atoms. The van der Waals surface area contributed by atoms with Crippen LogP contribution in [0.2, 0.25) is 20.1 Å². The third-order valence-corrected chi connectivity index (χ3v) is 10.5. The zero-order valence-electron chi connectivity index (χ0n) is 32.3. The lowest BCUT2D eigenvalue weighted by Gasteiger charge is -2.17. The van der Waals surface area contributed by atoms with Crippen LogP contribution in [-0.2, 0) is 26.4 Å². The van der Waals surface area contributed by atoms with Gasteiger partial charge in [-0.1, -0.05) is 82.8 Å². The first-order valence-electron chi connectivity index (χ1n) is 18.5. The van der Waals surface area contributed by atoms with Crippen molar-refractivity contribution in [1.29, 1.82) is 5.26 Å². The van der Waals surface area contributed by atoms with Crippen LogP contribution in [-0.4, -0.2) is 45.2 Å². The third kappa shape index (κ3) is 11.2. The van der Waals surface area contributed by atoms with Crippen molar-refractivity contribution in [2.45, 2.75) is 32.8 Å². The second-order valence-electron chi connectivity index (χ2n) is 13.3. The van der Waals surface area contributed by atoms with E-state index in [1.165, 1.54) is 42.9 Å². The van der Waals surface area contributed by atoms with Crippen molar-refractivity contribution in [3.8, 4) is 40.2 Å². The number of nitrogens with one attached hydrogen (secondary N) is 1. The van der Waals surface area contributed by atoms with Crippen LogP contribution in [0.5, 0.6) is 23.0 Å². The normalized spacial score (nSPS) is 10.6. The molecule has 2 aromatic heterocycles. The van der Waals surface area contributed by atoms with Crippen molar-refractivity contribution >= 4 is 64.0 Å². The summed E-state index contributed by atoms with van der Waals surface area (Å²) >= 11 is 27.1. The van der Waals surface area contributed by atoms with Gasteiger partial charge in [0.05, 0.1) is 37.8 Å². The minimum absolute atomic E-state index is 0.00795. The van der Waals surface area contributed by atoms with E-state index in [9.17, 15) is 25.1 Å². The fraction of sp³-hybridized carbons (Fsp3) is 0.156. The minimum Gasteiger partial charge on any atom is -0.488 e. The molecule has 0 saturated carbocycles. The SMILES string of the molecule is [C-]#[N+]c1cncc(COc2cc(OCc3cccc(-c4cccc(COc5cc(OCc6cncc(C#N)c6)c(C(=O)O)cc5Cl)c4Cl)c3Cl)c(Cl)cc2C(=O)NCCCO)c1. The van der Waals surface area contributed by atoms with Crippen LogP contribution in [0.3, 0.4) is 0 Å². The van der Waals surface area contributed by atoms with E-state index in [2.05, 4.69) is 20.1 Å². The number of rotatable bonds is 18. The summed E-state index contributed by atoms with van der Waals surface area (Å²) in [5.74, 6) is -1.24. The Balaban J connectivity index is 1.19. The Morgan fingerprint density at radius 2 is 1.24 bits per heavy atom. The van der Waals surface area contributed by atoms with Crippen LogP contribution in [0.1, 0.15) is 55.0 Å². The molecule has 0 spiro atoms. The van der Waals surface area contributed by atoms with Gasteiger partial charge < -0.3 is 34.5 Å². The average Bonchev–Trinajstić information content (AvgIpc) is 3.28. The molecule has 0 radical (unpaired) electrons. The van der Waals surface area contributed by atoms with Crippen molar-refractivity contribution in [3.63, 3.8) is 0 Å². The number of nitrogens with zero attached hydrogens (tertiary/aromatic N) is 4. The predicted octanol–water partition coefficient (Wildman–Crippen LogP) is 10.3. The number of aliphatic hydroxyl groups is 1. The van der Waals surface area contributed by atoms with Gasteiger partial charge in [0.2, 0.25) is 5.69 Å². The second-order valence-corrected chi connectivity index (χ2v) is 14.8. The number of pyridine rings is 2. The molecule has 0 fully saturated rings. The molecule has 0 unspecified atom stereocenters. The van der Waals surface area contributed by atoms with Gasteiger partial charge in [-0.2, -0.15) is 5.26 Å². The molecule has 0 aliphatic carbocycles. The molecular formula is C45H33Cl4N5O8. The average molecular weight is 914 g/mol. The maximum Gasteiger partial charge on any atom is 0.339 e. The first kappa shape index (κ1) is 45.0. The van der Waals surface area contributed by atoms with Crippen molar-refractivity contribution in [2.24, 2.45) is 0 Å². The lowest BCUT2D eigenvalue weighted by atomic mass is 10.0. The minimum atomic E-state index is -1.26. The Labute approximate surface area is 375 Å². The highest BCUT2D eigenvalue weighted by atomic mass is 35.5. The maximum absolute atomic E-state index is 13.1. The smallest absolute Gasteiger partial charge is 0.339 e. The van der Waals surface area contributed by atoms with Crippen molar-refractivity contribution < 1.29 is 38.7 Å². The number of carboxylic acids is 1. The highest BCUT2D eigenvalue weighted by molar-refractivity contribution is 6.37. The van der Waals surface area contributed by atoms with Crippen LogP contribution in [0, 0.1) is 17.9 Å². The number of carbonyl (C=O) groups is 2. The Bertz CT molecular complexity index is 2720. The first-order valence-corrected chi connectivity index (χ1v) is 20.0. The van der Waals surface area contributed by atoms with Crippen molar-refractivity contribution in [2.75, 3.05) is 13.2 Å². The van der Waals surface area contributed by atoms with Gasteiger partial charge in [0, 0.05) is 77.9 Å². The molecule has 4 aromatic carbocycles. The summed E-state index contributed by atoms with van der Waals surface area (Å²) in [5.41, 5.74) is 4.10. The Hall–Kier alpha value is -6.58. The van der Waals surface area contributed by atoms with E-state index in [4.69, 9.17) is 71.9 Å². The molecular weight excluding hydrogens is 880 g/mol. The number of hydrogen-bond acceptors (Lipinski definition) is 10. The molecule has 1 amide bonds. The van der Waals surface area contributed by atoms with Crippen molar-refractivity contribution in [1.82, 2.24) is 15.3 Å². The zero-order valence-corrected chi connectivity index (χ0v) is 35.4. The standard InChI is InChI=1S/C45H33Cl4N5O8/c1-51-31-12-28(20-53-21-31)23-59-38-15-40(36(46)13-34(38)44(56)54-9-4-10-55)61-24-29-5-2-7-32(42(29)48)33-8-3-6-30(43(33)49)25-62-41-16-39(35(45(57)58)14-37(41)47)60-22-27-11-26(17-50)18-52-19-27/h2-3,5-8,11-16,18-21,55H,4,9-10,22-25H2,(H,54,56)(H,57,58). The van der Waals surface area contributed by atoms with Crippen LogP contribution in [0.25, 0.3) is 16.0 Å². The highest BCUT2D eigenvalue weighted by Crippen LogP contribution is 2.40. The molecule has 314 valence electrons. The molecule has 62 heavy (non-hydrogen) atoms. The quantitative estimate of drug-likeness (QED) is 0.0552. The summed E-state index contributed by atoms with van der Waals surface area (Å²) in [4.78, 5) is 36.6. The number of nitriles is 1. The number of carboxylic acid groups (broad SMARTS) is 1. The van der Waals surface area contributed by atoms with Gasteiger partial charge in [-0.15, -0.1) is 0 Å². The van der Waals surface area contributed by atoms with Crippen LogP contribution >= 0.6 is 46.4 Å². The molecule has 0 saturated heterocycles. The van der Waals surface area contributed by atoms with E-state index in [1.54, 1.807) is 54.7 Å². The Morgan fingerprint density at radius 3 is 1.79 bits per heavy atom. The molecule has 6 rings (SSSR count). The molecule has 6 aromatic rings. The van der Waals surface area contributed by atoms with Gasteiger partial charge >= 0.3 is 5.97 Å². The Morgan fingerprint density at radius 1 is 0.710 bits per heavy atom. The molecule has 0 atom stereocenters.